The third-order valence-electron chi connectivity index (χ3n) is 4.44. The Morgan fingerprint density at radius 3 is 2.69 bits per heavy atom. The van der Waals surface area contributed by atoms with Gasteiger partial charge in [-0.3, -0.25) is 10.0 Å². The molecule has 1 amide bonds. The van der Waals surface area contributed by atoms with Crippen molar-refractivity contribution < 1.29 is 10.0 Å². The molecule has 0 aliphatic heterocycles. The molecule has 0 spiro atoms. The number of benzene rings is 2. The maximum absolute atomic E-state index is 11.2. The Morgan fingerprint density at radius 2 is 1.92 bits per heavy atom. The topological polar surface area (TPSA) is 77.2 Å². The number of rotatable bonds is 7. The highest BCUT2D eigenvalue weighted by Crippen LogP contribution is 2.18. The van der Waals surface area contributed by atoms with Crippen molar-refractivity contribution in [1.82, 2.24) is 15.8 Å². The van der Waals surface area contributed by atoms with Gasteiger partial charge in [0, 0.05) is 29.7 Å². The van der Waals surface area contributed by atoms with Crippen molar-refractivity contribution in [1.29, 1.82) is 0 Å². The molecule has 4 N–H and O–H groups in total. The number of hydroxylamine groups is 1. The van der Waals surface area contributed by atoms with Crippen molar-refractivity contribution >= 4 is 22.4 Å². The molecule has 1 heterocycles. The quantitative estimate of drug-likeness (QED) is 0.228. The molecule has 2 aromatic carbocycles. The van der Waals surface area contributed by atoms with Crippen LogP contribution in [-0.2, 0) is 17.8 Å². The largest absolute Gasteiger partial charge is 0.361 e. The minimum atomic E-state index is -0.523. The van der Waals surface area contributed by atoms with Crippen molar-refractivity contribution in [3.63, 3.8) is 0 Å². The lowest BCUT2D eigenvalue weighted by Gasteiger charge is -2.07. The van der Waals surface area contributed by atoms with E-state index in [9.17, 15) is 4.79 Å². The summed E-state index contributed by atoms with van der Waals surface area (Å²) in [5.41, 5.74) is 7.05. The number of aromatic nitrogens is 1. The minimum Gasteiger partial charge on any atom is -0.361 e. The van der Waals surface area contributed by atoms with Gasteiger partial charge in [0.15, 0.2) is 0 Å². The third kappa shape index (κ3) is 4.39. The second-order valence-corrected chi connectivity index (χ2v) is 6.29. The molecular weight excluding hydrogens is 326 g/mol. The number of allylic oxidation sites excluding steroid dienone is 1. The van der Waals surface area contributed by atoms with Gasteiger partial charge in [-0.1, -0.05) is 42.5 Å². The Morgan fingerprint density at radius 1 is 1.15 bits per heavy atom. The fourth-order valence-electron chi connectivity index (χ4n) is 2.99. The maximum atomic E-state index is 11.2. The van der Waals surface area contributed by atoms with Crippen molar-refractivity contribution in [3.8, 4) is 0 Å². The van der Waals surface area contributed by atoms with Crippen LogP contribution in [0.5, 0.6) is 0 Å². The lowest BCUT2D eigenvalue weighted by atomic mass is 10.0. The number of H-pyrrole nitrogens is 1. The monoisotopic (exact) mass is 349 g/mol. The van der Waals surface area contributed by atoms with Gasteiger partial charge < -0.3 is 10.3 Å². The Balaban J connectivity index is 1.51. The number of para-hydroxylation sites is 1. The average Bonchev–Trinajstić information content (AvgIpc) is 3.08. The van der Waals surface area contributed by atoms with E-state index in [1.54, 1.807) is 5.48 Å². The first kappa shape index (κ1) is 17.9. The molecule has 134 valence electrons. The molecule has 0 unspecified atom stereocenters. The highest BCUT2D eigenvalue weighted by molar-refractivity contribution is 5.94. The third-order valence-corrected chi connectivity index (χ3v) is 4.44. The highest BCUT2D eigenvalue weighted by Gasteiger charge is 2.03. The second kappa shape index (κ2) is 8.47. The second-order valence-electron chi connectivity index (χ2n) is 6.29. The van der Waals surface area contributed by atoms with Crippen LogP contribution in [0.1, 0.15) is 23.6 Å². The maximum Gasteiger partial charge on any atom is 0.267 e. The minimum absolute atomic E-state index is 0.523. The smallest absolute Gasteiger partial charge is 0.267 e. The van der Waals surface area contributed by atoms with E-state index in [4.69, 9.17) is 5.21 Å². The lowest BCUT2D eigenvalue weighted by molar-refractivity contribution is -0.124. The summed E-state index contributed by atoms with van der Waals surface area (Å²) in [6, 6.07) is 16.4. The molecule has 3 rings (SSSR count). The molecule has 0 radical (unpaired) electrons. The van der Waals surface area contributed by atoms with Crippen LogP contribution < -0.4 is 10.8 Å². The van der Waals surface area contributed by atoms with Gasteiger partial charge in [-0.25, -0.2) is 5.48 Å². The number of hydrogen-bond donors (Lipinski definition) is 4. The van der Waals surface area contributed by atoms with Gasteiger partial charge in [0.1, 0.15) is 0 Å². The fourth-order valence-corrected chi connectivity index (χ4v) is 2.99. The normalized spacial score (nSPS) is 11.7. The van der Waals surface area contributed by atoms with Gasteiger partial charge in [-0.15, -0.1) is 0 Å². The standard InChI is InChI=1S/C21H23N3O2/c1-15(12-21(25)24-26)17-8-6-16(7-9-17)13-22-11-10-18-14-23-20-5-3-2-4-19(18)20/h2-9,12,14,22-23,26H,10-11,13H2,1H3,(H,24,25). The summed E-state index contributed by atoms with van der Waals surface area (Å²) in [7, 11) is 0. The summed E-state index contributed by atoms with van der Waals surface area (Å²) in [6.07, 6.45) is 4.42. The van der Waals surface area contributed by atoms with E-state index < -0.39 is 5.91 Å². The van der Waals surface area contributed by atoms with Crippen LogP contribution in [0.15, 0.2) is 60.8 Å². The first-order chi connectivity index (χ1) is 12.7. The van der Waals surface area contributed by atoms with Crippen molar-refractivity contribution in [2.24, 2.45) is 0 Å². The lowest BCUT2D eigenvalue weighted by Crippen LogP contribution is -2.16. The predicted octanol–water partition coefficient (Wildman–Crippen LogP) is 3.41. The van der Waals surface area contributed by atoms with E-state index in [-0.39, 0.29) is 0 Å². The zero-order valence-corrected chi connectivity index (χ0v) is 14.8. The van der Waals surface area contributed by atoms with Gasteiger partial charge in [0.25, 0.3) is 5.91 Å². The number of carbonyl (C=O) groups excluding carboxylic acids is 1. The summed E-state index contributed by atoms with van der Waals surface area (Å²) in [5, 5.41) is 13.3. The Hall–Kier alpha value is -2.89. The van der Waals surface area contributed by atoms with Crippen molar-refractivity contribution in [2.45, 2.75) is 19.9 Å². The van der Waals surface area contributed by atoms with Gasteiger partial charge >= 0.3 is 0 Å². The molecule has 5 nitrogen and oxygen atoms in total. The molecule has 26 heavy (non-hydrogen) atoms. The number of fused-ring (bicyclic) bond motifs is 1. The summed E-state index contributed by atoms with van der Waals surface area (Å²) >= 11 is 0. The molecule has 3 aromatic rings. The van der Waals surface area contributed by atoms with E-state index in [0.29, 0.717) is 0 Å². The van der Waals surface area contributed by atoms with Crippen LogP contribution in [0.2, 0.25) is 0 Å². The summed E-state index contributed by atoms with van der Waals surface area (Å²) in [5.74, 6) is -0.523. The van der Waals surface area contributed by atoms with Crippen LogP contribution in [0.25, 0.3) is 16.5 Å². The van der Waals surface area contributed by atoms with Crippen LogP contribution >= 0.6 is 0 Å². The molecule has 0 aliphatic carbocycles. The first-order valence-corrected chi connectivity index (χ1v) is 8.65. The Kier molecular flexibility index (Phi) is 5.84. The van der Waals surface area contributed by atoms with Gasteiger partial charge in [0.2, 0.25) is 0 Å². The molecular formula is C21H23N3O2. The van der Waals surface area contributed by atoms with Gasteiger partial charge in [0.05, 0.1) is 0 Å². The molecule has 1 aromatic heterocycles. The van der Waals surface area contributed by atoms with Crippen molar-refractivity contribution in [2.75, 3.05) is 6.54 Å². The van der Waals surface area contributed by atoms with E-state index in [1.807, 2.05) is 37.3 Å². The number of carbonyl (C=O) groups is 1. The molecule has 0 fully saturated rings. The molecule has 0 aliphatic rings. The average molecular weight is 349 g/mol. The number of amides is 1. The van der Waals surface area contributed by atoms with E-state index in [0.717, 1.165) is 30.6 Å². The van der Waals surface area contributed by atoms with Gasteiger partial charge in [-0.05, 0) is 48.2 Å². The summed E-state index contributed by atoms with van der Waals surface area (Å²) < 4.78 is 0. The number of aromatic amines is 1. The van der Waals surface area contributed by atoms with Crippen LogP contribution in [0, 0.1) is 0 Å². The predicted molar refractivity (Wildman–Crippen MR) is 104 cm³/mol. The van der Waals surface area contributed by atoms with Crippen LogP contribution in [-0.4, -0.2) is 22.6 Å². The molecule has 0 saturated carbocycles. The number of hydrogen-bond acceptors (Lipinski definition) is 3. The van der Waals surface area contributed by atoms with Gasteiger partial charge in [-0.2, -0.15) is 0 Å². The molecule has 0 atom stereocenters. The molecule has 0 saturated heterocycles. The van der Waals surface area contributed by atoms with Crippen LogP contribution in [0.4, 0.5) is 0 Å². The zero-order chi connectivity index (χ0) is 18.4. The fraction of sp³-hybridized carbons (Fsp3) is 0.190. The molecule has 0 bridgehead atoms. The van der Waals surface area contributed by atoms with E-state index in [1.165, 1.54) is 28.1 Å². The van der Waals surface area contributed by atoms with Crippen molar-refractivity contribution in [3.05, 3.63) is 77.5 Å². The molecule has 5 heteroatoms. The first-order valence-electron chi connectivity index (χ1n) is 8.65. The SMILES string of the molecule is CC(=CC(=O)NO)c1ccc(CNCCc2c[nH]c3ccccc23)cc1. The van der Waals surface area contributed by atoms with Crippen LogP contribution in [0.3, 0.4) is 0 Å². The Bertz CT molecular complexity index is 910. The highest BCUT2D eigenvalue weighted by atomic mass is 16.5. The van der Waals surface area contributed by atoms with E-state index in [2.05, 4.69) is 34.7 Å². The van der Waals surface area contributed by atoms with E-state index >= 15 is 0 Å². The summed E-state index contributed by atoms with van der Waals surface area (Å²) in [4.78, 5) is 14.5. The summed E-state index contributed by atoms with van der Waals surface area (Å²) in [6.45, 7) is 3.53. The Labute approximate surface area is 152 Å². The number of nitrogens with one attached hydrogen (secondary N) is 3. The zero-order valence-electron chi connectivity index (χ0n) is 14.8.